The lowest BCUT2D eigenvalue weighted by molar-refractivity contribution is -0.135. The Balaban J connectivity index is 0.00000420. The molecule has 0 saturated carbocycles. The van der Waals surface area contributed by atoms with E-state index in [2.05, 4.69) is 59.8 Å². The maximum atomic E-state index is 12.2. The van der Waals surface area contributed by atoms with Crippen molar-refractivity contribution in [3.05, 3.63) is 35.9 Å². The van der Waals surface area contributed by atoms with E-state index in [0.717, 1.165) is 51.3 Å². The molecule has 5 nitrogen and oxygen atoms in total. The first-order valence-corrected chi connectivity index (χ1v) is 10.8. The minimum absolute atomic E-state index is 0. The fourth-order valence-corrected chi connectivity index (χ4v) is 4.05. The molecule has 0 aromatic heterocycles. The van der Waals surface area contributed by atoms with Gasteiger partial charge in [0.05, 0.1) is 0 Å². The summed E-state index contributed by atoms with van der Waals surface area (Å²) in [7, 11) is 1.83. The maximum absolute atomic E-state index is 12.2. The second-order valence-corrected chi connectivity index (χ2v) is 8.18. The van der Waals surface area contributed by atoms with Crippen molar-refractivity contribution in [2.45, 2.75) is 64.8 Å². The summed E-state index contributed by atoms with van der Waals surface area (Å²) in [6.45, 7) is 11.0. The van der Waals surface area contributed by atoms with E-state index in [-0.39, 0.29) is 41.2 Å². The van der Waals surface area contributed by atoms with Crippen LogP contribution in [0, 0.1) is 5.92 Å². The van der Waals surface area contributed by atoms with E-state index in [1.165, 1.54) is 5.56 Å². The third-order valence-corrected chi connectivity index (χ3v) is 6.20. The second-order valence-electron chi connectivity index (χ2n) is 8.18. The number of amides is 1. The fraction of sp³-hybridized carbons (Fsp3) is 0.652. The number of likely N-dealkylation sites (tertiary alicyclic amines) is 1. The third kappa shape index (κ3) is 6.86. The largest absolute Gasteiger partial charge is 0.356 e. The van der Waals surface area contributed by atoms with Crippen LogP contribution in [0.2, 0.25) is 0 Å². The molecular formula is C23H39IN4O. The second kappa shape index (κ2) is 12.4. The first-order valence-electron chi connectivity index (χ1n) is 10.8. The summed E-state index contributed by atoms with van der Waals surface area (Å²) in [5.74, 6) is 1.20. The van der Waals surface area contributed by atoms with Crippen LogP contribution in [0.1, 0.15) is 58.9 Å². The van der Waals surface area contributed by atoms with Crippen LogP contribution in [0.15, 0.2) is 35.3 Å². The SMILES string of the molecule is CCC(CC)(CNC(=NC)NC1CCN(C(=O)C(C)C)CC1)c1ccccc1.I. The maximum Gasteiger partial charge on any atom is 0.225 e. The van der Waals surface area contributed by atoms with Crippen LogP contribution < -0.4 is 10.6 Å². The molecular weight excluding hydrogens is 475 g/mol. The van der Waals surface area contributed by atoms with Crippen molar-refractivity contribution in [3.63, 3.8) is 0 Å². The number of benzene rings is 1. The summed E-state index contributed by atoms with van der Waals surface area (Å²) in [6, 6.07) is 11.1. The zero-order chi connectivity index (χ0) is 20.6. The summed E-state index contributed by atoms with van der Waals surface area (Å²) in [5.41, 5.74) is 1.48. The molecule has 1 saturated heterocycles. The summed E-state index contributed by atoms with van der Waals surface area (Å²) >= 11 is 0. The van der Waals surface area contributed by atoms with E-state index in [1.807, 2.05) is 25.8 Å². The van der Waals surface area contributed by atoms with Gasteiger partial charge in [-0.25, -0.2) is 0 Å². The molecule has 2 N–H and O–H groups in total. The number of rotatable bonds is 7. The predicted molar refractivity (Wildman–Crippen MR) is 133 cm³/mol. The van der Waals surface area contributed by atoms with Gasteiger partial charge in [-0.2, -0.15) is 0 Å². The van der Waals surface area contributed by atoms with Gasteiger partial charge in [-0.3, -0.25) is 9.79 Å². The van der Waals surface area contributed by atoms with Gasteiger partial charge < -0.3 is 15.5 Å². The van der Waals surface area contributed by atoms with Gasteiger partial charge in [0.1, 0.15) is 0 Å². The number of carbonyl (C=O) groups excluding carboxylic acids is 1. The van der Waals surface area contributed by atoms with Crippen molar-refractivity contribution in [2.24, 2.45) is 10.9 Å². The first kappa shape index (κ1) is 25.7. The van der Waals surface area contributed by atoms with Gasteiger partial charge in [0, 0.05) is 44.1 Å². The van der Waals surface area contributed by atoms with E-state index in [1.54, 1.807) is 0 Å². The topological polar surface area (TPSA) is 56.7 Å². The normalized spacial score (nSPS) is 15.8. The van der Waals surface area contributed by atoms with Gasteiger partial charge in [-0.15, -0.1) is 24.0 Å². The molecule has 2 rings (SSSR count). The van der Waals surface area contributed by atoms with Gasteiger partial charge in [-0.1, -0.05) is 58.0 Å². The van der Waals surface area contributed by atoms with Crippen LogP contribution in [0.4, 0.5) is 0 Å². The molecule has 0 unspecified atom stereocenters. The van der Waals surface area contributed by atoms with E-state index in [9.17, 15) is 4.79 Å². The lowest BCUT2D eigenvalue weighted by Crippen LogP contribution is -2.52. The van der Waals surface area contributed by atoms with Crippen LogP contribution in [0.25, 0.3) is 0 Å². The minimum Gasteiger partial charge on any atom is -0.356 e. The Morgan fingerprint density at radius 1 is 1.17 bits per heavy atom. The smallest absolute Gasteiger partial charge is 0.225 e. The van der Waals surface area contributed by atoms with Crippen molar-refractivity contribution in [1.29, 1.82) is 0 Å². The number of carbonyl (C=O) groups is 1. The molecule has 1 heterocycles. The summed E-state index contributed by atoms with van der Waals surface area (Å²) in [6.07, 6.45) is 4.08. The van der Waals surface area contributed by atoms with Gasteiger partial charge in [0.2, 0.25) is 5.91 Å². The van der Waals surface area contributed by atoms with E-state index in [0.29, 0.717) is 6.04 Å². The molecule has 0 radical (unpaired) electrons. The van der Waals surface area contributed by atoms with Crippen molar-refractivity contribution in [2.75, 3.05) is 26.7 Å². The number of nitrogens with one attached hydrogen (secondary N) is 2. The molecule has 0 spiro atoms. The Labute approximate surface area is 194 Å². The Morgan fingerprint density at radius 2 is 1.76 bits per heavy atom. The quantitative estimate of drug-likeness (QED) is 0.326. The average Bonchev–Trinajstić information content (AvgIpc) is 2.74. The highest BCUT2D eigenvalue weighted by Gasteiger charge is 2.29. The molecule has 1 fully saturated rings. The number of piperidine rings is 1. The third-order valence-electron chi connectivity index (χ3n) is 6.20. The van der Waals surface area contributed by atoms with Crippen molar-refractivity contribution in [3.8, 4) is 0 Å². The molecule has 1 amide bonds. The van der Waals surface area contributed by atoms with Crippen molar-refractivity contribution in [1.82, 2.24) is 15.5 Å². The number of hydrogen-bond donors (Lipinski definition) is 2. The molecule has 164 valence electrons. The predicted octanol–water partition coefficient (Wildman–Crippen LogP) is 4.17. The standard InChI is InChI=1S/C23H38N4O.HI/c1-6-23(7-2,19-11-9-8-10-12-19)17-25-22(24-5)26-20-13-15-27(16-14-20)21(28)18(3)4;/h8-12,18,20H,6-7,13-17H2,1-5H3,(H2,24,25,26);1H. The Bertz CT molecular complexity index is 636. The van der Waals surface area contributed by atoms with Crippen LogP contribution in [0.5, 0.6) is 0 Å². The number of nitrogens with zero attached hydrogens (tertiary/aromatic N) is 2. The minimum atomic E-state index is 0. The summed E-state index contributed by atoms with van der Waals surface area (Å²) in [4.78, 5) is 18.6. The van der Waals surface area contributed by atoms with Crippen molar-refractivity contribution >= 4 is 35.8 Å². The van der Waals surface area contributed by atoms with Crippen LogP contribution in [-0.4, -0.2) is 49.5 Å². The van der Waals surface area contributed by atoms with E-state index in [4.69, 9.17) is 0 Å². The molecule has 6 heteroatoms. The highest BCUT2D eigenvalue weighted by molar-refractivity contribution is 14.0. The molecule has 0 atom stereocenters. The van der Waals surface area contributed by atoms with Crippen molar-refractivity contribution < 1.29 is 4.79 Å². The Morgan fingerprint density at radius 3 is 2.24 bits per heavy atom. The summed E-state index contributed by atoms with van der Waals surface area (Å²) in [5, 5.41) is 7.14. The zero-order valence-electron chi connectivity index (χ0n) is 18.7. The van der Waals surface area contributed by atoms with E-state index >= 15 is 0 Å². The molecule has 1 aromatic carbocycles. The highest BCUT2D eigenvalue weighted by atomic mass is 127. The van der Waals surface area contributed by atoms with E-state index < -0.39 is 0 Å². The Hall–Kier alpha value is -1.31. The monoisotopic (exact) mass is 514 g/mol. The lowest BCUT2D eigenvalue weighted by Gasteiger charge is -2.36. The molecule has 1 aromatic rings. The number of guanidine groups is 1. The van der Waals surface area contributed by atoms with Gasteiger partial charge in [0.15, 0.2) is 5.96 Å². The highest BCUT2D eigenvalue weighted by Crippen LogP contribution is 2.30. The molecule has 0 bridgehead atoms. The lowest BCUT2D eigenvalue weighted by atomic mass is 9.76. The van der Waals surface area contributed by atoms with Gasteiger partial charge in [-0.05, 0) is 31.2 Å². The first-order chi connectivity index (χ1) is 13.5. The fourth-order valence-electron chi connectivity index (χ4n) is 4.05. The number of hydrogen-bond acceptors (Lipinski definition) is 2. The average molecular weight is 514 g/mol. The van der Waals surface area contributed by atoms with Gasteiger partial charge >= 0.3 is 0 Å². The molecule has 1 aliphatic heterocycles. The zero-order valence-corrected chi connectivity index (χ0v) is 21.0. The molecule has 1 aliphatic rings. The molecule has 0 aliphatic carbocycles. The summed E-state index contributed by atoms with van der Waals surface area (Å²) < 4.78 is 0. The number of aliphatic imine (C=N–C) groups is 1. The van der Waals surface area contributed by atoms with Crippen LogP contribution >= 0.6 is 24.0 Å². The van der Waals surface area contributed by atoms with Crippen LogP contribution in [-0.2, 0) is 10.2 Å². The van der Waals surface area contributed by atoms with Gasteiger partial charge in [0.25, 0.3) is 0 Å². The van der Waals surface area contributed by atoms with Crippen LogP contribution in [0.3, 0.4) is 0 Å². The number of halogens is 1. The Kier molecular flexibility index (Phi) is 11.0. The molecule has 29 heavy (non-hydrogen) atoms.